The number of ether oxygens (including phenoxy) is 7. The molecule has 1 unspecified atom stereocenters. The van der Waals surface area contributed by atoms with Crippen molar-refractivity contribution in [3.63, 3.8) is 0 Å². The van der Waals surface area contributed by atoms with Crippen molar-refractivity contribution in [2.45, 2.75) is 75.3 Å². The van der Waals surface area contributed by atoms with E-state index in [4.69, 9.17) is 37.3 Å². The molecule has 0 aliphatic carbocycles. The van der Waals surface area contributed by atoms with Gasteiger partial charge in [0.2, 0.25) is 0 Å². The van der Waals surface area contributed by atoms with Gasteiger partial charge >= 0.3 is 0 Å². The molecule has 20 nitrogen and oxygen atoms in total. The van der Waals surface area contributed by atoms with Gasteiger partial charge in [0, 0.05) is 86.2 Å². The molecule has 0 saturated carbocycles. The molecular weight excluding hydrogens is 1130 g/mol. The predicted molar refractivity (Wildman–Crippen MR) is 331 cm³/mol. The first-order valence-electron chi connectivity index (χ1n) is 27.9. The number of hydrogen-bond acceptors (Lipinski definition) is 19. The van der Waals surface area contributed by atoms with Crippen molar-refractivity contribution in [1.29, 1.82) is 0 Å². The van der Waals surface area contributed by atoms with Gasteiger partial charge < -0.3 is 58.1 Å². The molecule has 9 rings (SSSR count). The third-order valence-electron chi connectivity index (χ3n) is 15.0. The fraction of sp³-hybridized carbons (Fsp3) is 0.443. The van der Waals surface area contributed by atoms with E-state index in [0.29, 0.717) is 105 Å². The van der Waals surface area contributed by atoms with Gasteiger partial charge in [-0.15, -0.1) is 0 Å². The van der Waals surface area contributed by atoms with E-state index in [1.54, 1.807) is 51.2 Å². The summed E-state index contributed by atoms with van der Waals surface area (Å²) in [6.45, 7) is 10.2. The highest BCUT2D eigenvalue weighted by Gasteiger charge is 2.41. The number of anilines is 5. The third kappa shape index (κ3) is 14.3. The molecule has 5 aromatic rings. The molecule has 450 valence electrons. The molecule has 4 aliphatic heterocycles. The lowest BCUT2D eigenvalue weighted by Gasteiger charge is -2.34. The molecule has 0 radical (unpaired) electrons. The van der Waals surface area contributed by atoms with Crippen molar-refractivity contribution < 1.29 is 60.1 Å². The van der Waals surface area contributed by atoms with Crippen LogP contribution in [0.15, 0.2) is 96.1 Å². The first kappa shape index (κ1) is 61.8. The van der Waals surface area contributed by atoms with Gasteiger partial charge in [0.25, 0.3) is 27.8 Å². The van der Waals surface area contributed by atoms with E-state index in [0.717, 1.165) is 65.0 Å². The number of hydrogen-bond donors (Lipinski definition) is 2. The number of fused-ring (bicyclic) bond motifs is 8. The van der Waals surface area contributed by atoms with Gasteiger partial charge in [0.1, 0.15) is 13.2 Å². The number of nitrogens with zero attached hydrogens (tertiary/aromatic N) is 5. The zero-order valence-corrected chi connectivity index (χ0v) is 51.3. The van der Waals surface area contributed by atoms with Crippen molar-refractivity contribution in [2.75, 3.05) is 125 Å². The minimum Gasteiger partial charge on any atom is -0.493 e. The SMILES string of the molecule is CC=NNC(=O)C(CCSSC(C)(C)CN(CCOCCOCCOC)c1cc(COc2cc3c(cc2OC)C(=O)N2c4ccccc4C[C@H]2CN3)cc(COc2cc3c(cc2OC)C(=O)N2c4ccccc4C[C@H]2CN3C)c1)S(=O)(=O)OC. The number of methoxy groups -OCH3 is 3. The molecule has 2 N–H and O–H groups in total. The van der Waals surface area contributed by atoms with Gasteiger partial charge in [0.05, 0.1) is 88.9 Å². The number of carbonyl (C=O) groups excluding carboxylic acids is 3. The number of rotatable bonds is 29. The Balaban J connectivity index is 1.01. The van der Waals surface area contributed by atoms with E-state index >= 15 is 0 Å². The van der Waals surface area contributed by atoms with Crippen LogP contribution in [0.1, 0.15) is 70.2 Å². The predicted octanol–water partition coefficient (Wildman–Crippen LogP) is 8.38. The molecule has 4 heterocycles. The summed E-state index contributed by atoms with van der Waals surface area (Å²) < 4.78 is 72.3. The highest BCUT2D eigenvalue weighted by atomic mass is 33.1. The molecular formula is C61H75N7O13S3. The minimum atomic E-state index is -4.20. The van der Waals surface area contributed by atoms with Gasteiger partial charge in [-0.1, -0.05) is 58.0 Å². The standard InChI is InChI=1S/C61H75N7O13S3/c1-9-63-64-58(69)57(84(72,73)77-8)18-25-82-83-61(2,3)39-66(19-20-78-23-24-79-22-21-74-5)44-27-40(37-80-55-33-49-47(31-53(55)75-6)59(70)67-45(35-62-49)29-42-14-10-12-16-50(42)67)26-41(28-44)38-81-56-34-52-48(32-54(56)76-7)60(71)68-46(36-65(52)4)30-43-15-11-13-17-51(43)68/h9-17,26-28,31-34,45-46,57,62H,18-25,29-30,35-39H2,1-8H3,(H,64,69)/t45-,46-,57?/m0/s1. The highest BCUT2D eigenvalue weighted by molar-refractivity contribution is 8.77. The summed E-state index contributed by atoms with van der Waals surface area (Å²) in [6, 6.07) is 29.4. The van der Waals surface area contributed by atoms with Crippen molar-refractivity contribution in [3.05, 3.63) is 124 Å². The third-order valence-corrected chi connectivity index (χ3v) is 20.0. The van der Waals surface area contributed by atoms with Crippen LogP contribution in [-0.2, 0) is 59.4 Å². The molecule has 3 atom stereocenters. The second-order valence-corrected chi connectivity index (χ2v) is 26.4. The lowest BCUT2D eigenvalue weighted by molar-refractivity contribution is -0.120. The van der Waals surface area contributed by atoms with Crippen LogP contribution in [0, 0.1) is 0 Å². The van der Waals surface area contributed by atoms with Gasteiger partial charge in [0.15, 0.2) is 28.2 Å². The number of para-hydroxylation sites is 2. The van der Waals surface area contributed by atoms with Crippen LogP contribution in [-0.4, -0.2) is 155 Å². The molecule has 3 amide bonds. The van der Waals surface area contributed by atoms with Crippen LogP contribution in [0.5, 0.6) is 23.0 Å². The average Bonchev–Trinajstić information content (AvgIpc) is 3.20. The zero-order chi connectivity index (χ0) is 59.5. The number of carbonyl (C=O) groups is 3. The second-order valence-electron chi connectivity index (χ2n) is 21.3. The average molecular weight is 1210 g/mol. The van der Waals surface area contributed by atoms with Gasteiger partial charge in [-0.05, 0) is 105 Å². The van der Waals surface area contributed by atoms with Crippen molar-refractivity contribution in [2.24, 2.45) is 5.10 Å². The summed E-state index contributed by atoms with van der Waals surface area (Å²) in [4.78, 5) is 49.8. The maximum atomic E-state index is 14.5. The Bertz CT molecular complexity index is 3310. The largest absolute Gasteiger partial charge is 0.493 e. The Morgan fingerprint density at radius 2 is 1.37 bits per heavy atom. The molecule has 0 bridgehead atoms. The molecule has 0 aromatic heterocycles. The quantitative estimate of drug-likeness (QED) is 0.0151. The Hall–Kier alpha value is -6.73. The second kappa shape index (κ2) is 28.0. The van der Waals surface area contributed by atoms with Gasteiger partial charge in [-0.3, -0.25) is 18.6 Å². The summed E-state index contributed by atoms with van der Waals surface area (Å²) in [7, 11) is 6.62. The first-order valence-corrected chi connectivity index (χ1v) is 31.7. The summed E-state index contributed by atoms with van der Waals surface area (Å²) in [5.74, 6) is 1.06. The van der Waals surface area contributed by atoms with E-state index in [9.17, 15) is 22.8 Å². The Kier molecular flexibility index (Phi) is 20.6. The number of benzene rings is 5. The number of hydrazone groups is 1. The first-order chi connectivity index (χ1) is 40.6. The fourth-order valence-electron chi connectivity index (χ4n) is 11.1. The van der Waals surface area contributed by atoms with Crippen LogP contribution in [0.25, 0.3) is 0 Å². The van der Waals surface area contributed by atoms with E-state index < -0.39 is 26.0 Å². The van der Waals surface area contributed by atoms with Crippen molar-refractivity contribution in [3.8, 4) is 23.0 Å². The van der Waals surface area contributed by atoms with Gasteiger partial charge in [-0.2, -0.15) is 13.5 Å². The highest BCUT2D eigenvalue weighted by Crippen LogP contribution is 2.44. The molecule has 23 heteroatoms. The van der Waals surface area contributed by atoms with E-state index in [1.807, 2.05) is 71.4 Å². The molecule has 0 fully saturated rings. The monoisotopic (exact) mass is 1210 g/mol. The molecule has 5 aromatic carbocycles. The van der Waals surface area contributed by atoms with Crippen molar-refractivity contribution in [1.82, 2.24) is 5.43 Å². The van der Waals surface area contributed by atoms with E-state index in [1.165, 1.54) is 17.0 Å². The number of likely N-dealkylation sites (N-methyl/N-ethyl adjacent to an activating group) is 1. The molecule has 84 heavy (non-hydrogen) atoms. The normalized spacial score (nSPS) is 16.6. The van der Waals surface area contributed by atoms with E-state index in [2.05, 4.69) is 63.8 Å². The smallest absolute Gasteiger partial charge is 0.279 e. The maximum absolute atomic E-state index is 14.5. The lowest BCUT2D eigenvalue weighted by atomic mass is 10.1. The van der Waals surface area contributed by atoms with Crippen LogP contribution < -0.4 is 49.3 Å². The van der Waals surface area contributed by atoms with Crippen LogP contribution in [0.2, 0.25) is 0 Å². The van der Waals surface area contributed by atoms with Crippen LogP contribution >= 0.6 is 21.6 Å². The van der Waals surface area contributed by atoms with Crippen LogP contribution in [0.3, 0.4) is 0 Å². The topological polar surface area (TPSA) is 209 Å². The summed E-state index contributed by atoms with van der Waals surface area (Å²) >= 11 is 0. The van der Waals surface area contributed by atoms with E-state index in [-0.39, 0.29) is 43.5 Å². The molecule has 0 saturated heterocycles. The Morgan fingerprint density at radius 1 is 0.774 bits per heavy atom. The molecule has 0 spiro atoms. The Morgan fingerprint density at radius 3 is 2.01 bits per heavy atom. The zero-order valence-electron chi connectivity index (χ0n) is 48.8. The fourth-order valence-corrected chi connectivity index (χ4v) is 14.8. The maximum Gasteiger partial charge on any atom is 0.279 e. The minimum absolute atomic E-state index is 0.00560. The Labute approximate surface area is 500 Å². The summed E-state index contributed by atoms with van der Waals surface area (Å²) in [5, 5.41) is 5.82. The number of amides is 3. The molecule has 4 aliphatic rings. The van der Waals surface area contributed by atoms with Gasteiger partial charge in [-0.25, -0.2) is 5.43 Å². The summed E-state index contributed by atoms with van der Waals surface area (Å²) in [6.07, 6.45) is 2.86. The summed E-state index contributed by atoms with van der Waals surface area (Å²) in [5.41, 5.74) is 11.2. The van der Waals surface area contributed by atoms with Crippen molar-refractivity contribution >= 4 is 84.1 Å². The number of nitrogens with one attached hydrogen (secondary N) is 2. The van der Waals surface area contributed by atoms with Crippen LogP contribution in [0.4, 0.5) is 28.4 Å². The lowest BCUT2D eigenvalue weighted by Crippen LogP contribution is -2.41.